The second-order valence-electron chi connectivity index (χ2n) is 3.31. The van der Waals surface area contributed by atoms with Crippen LogP contribution >= 0.6 is 0 Å². The molecule has 0 unspecified atom stereocenters. The lowest BCUT2D eigenvalue weighted by molar-refractivity contribution is -0.155. The van der Waals surface area contributed by atoms with Gasteiger partial charge < -0.3 is 15.3 Å². The van der Waals surface area contributed by atoms with Crippen molar-refractivity contribution >= 4 is 17.8 Å². The second kappa shape index (κ2) is 4.08. The van der Waals surface area contributed by atoms with Crippen LogP contribution in [0.25, 0.3) is 0 Å². The van der Waals surface area contributed by atoms with Gasteiger partial charge in [0.1, 0.15) is 0 Å². The first kappa shape index (κ1) is 10.5. The Kier molecular flexibility index (Phi) is 3.06. The summed E-state index contributed by atoms with van der Waals surface area (Å²) in [6.07, 6.45) is 1.92. The van der Waals surface area contributed by atoms with Crippen molar-refractivity contribution in [3.05, 3.63) is 0 Å². The molecule has 2 N–H and O–H groups in total. The van der Waals surface area contributed by atoms with Gasteiger partial charge in [-0.1, -0.05) is 0 Å². The summed E-state index contributed by atoms with van der Waals surface area (Å²) in [5, 5.41) is 11.0. The van der Waals surface area contributed by atoms with Gasteiger partial charge in [-0.3, -0.25) is 9.59 Å². The van der Waals surface area contributed by atoms with E-state index < -0.39 is 11.9 Å². The summed E-state index contributed by atoms with van der Waals surface area (Å²) < 4.78 is 0. The maximum absolute atomic E-state index is 11.1. The summed E-state index contributed by atoms with van der Waals surface area (Å²) >= 11 is 0. The molecule has 14 heavy (non-hydrogen) atoms. The van der Waals surface area contributed by atoms with Crippen LogP contribution in [-0.4, -0.2) is 47.4 Å². The van der Waals surface area contributed by atoms with E-state index in [0.29, 0.717) is 0 Å². The maximum Gasteiger partial charge on any atom is 0.394 e. The Bertz CT molecular complexity index is 273. The van der Waals surface area contributed by atoms with Gasteiger partial charge in [0.2, 0.25) is 5.91 Å². The zero-order chi connectivity index (χ0) is 10.7. The van der Waals surface area contributed by atoms with Crippen molar-refractivity contribution in [1.82, 2.24) is 10.2 Å². The number of carboxylic acids is 1. The van der Waals surface area contributed by atoms with Crippen LogP contribution in [0.15, 0.2) is 0 Å². The van der Waals surface area contributed by atoms with Crippen molar-refractivity contribution in [2.75, 3.05) is 13.6 Å². The van der Waals surface area contributed by atoms with E-state index in [4.69, 9.17) is 5.11 Å². The number of nitrogens with zero attached hydrogens (tertiary/aromatic N) is 1. The van der Waals surface area contributed by atoms with Crippen molar-refractivity contribution in [1.29, 1.82) is 0 Å². The zero-order valence-electron chi connectivity index (χ0n) is 7.82. The van der Waals surface area contributed by atoms with Gasteiger partial charge in [0.05, 0.1) is 6.54 Å². The number of aliphatic carboxylic acids is 1. The molecule has 0 bridgehead atoms. The fourth-order valence-corrected chi connectivity index (χ4v) is 0.951. The van der Waals surface area contributed by atoms with Crippen LogP contribution in [0.5, 0.6) is 0 Å². The molecule has 6 heteroatoms. The number of hydrogen-bond donors (Lipinski definition) is 2. The SMILES string of the molecule is CN(CC(=O)NC1CC1)C(=O)C(=O)O. The topological polar surface area (TPSA) is 86.7 Å². The summed E-state index contributed by atoms with van der Waals surface area (Å²) in [4.78, 5) is 33.1. The van der Waals surface area contributed by atoms with E-state index in [1.165, 1.54) is 7.05 Å². The Balaban J connectivity index is 2.30. The van der Waals surface area contributed by atoms with Crippen LogP contribution in [0.4, 0.5) is 0 Å². The largest absolute Gasteiger partial charge is 0.474 e. The molecule has 0 radical (unpaired) electrons. The summed E-state index contributed by atoms with van der Waals surface area (Å²) in [6, 6.07) is 0.218. The molecular weight excluding hydrogens is 188 g/mol. The van der Waals surface area contributed by atoms with Gasteiger partial charge in [-0.15, -0.1) is 0 Å². The molecule has 0 aliphatic heterocycles. The summed E-state index contributed by atoms with van der Waals surface area (Å²) in [5.74, 6) is -2.94. The predicted octanol–water partition coefficient (Wildman–Crippen LogP) is -1.19. The van der Waals surface area contributed by atoms with Crippen molar-refractivity contribution in [3.8, 4) is 0 Å². The molecule has 78 valence electrons. The highest BCUT2D eigenvalue weighted by Gasteiger charge is 2.25. The Hall–Kier alpha value is -1.59. The third-order valence-electron chi connectivity index (χ3n) is 1.85. The van der Waals surface area contributed by atoms with Gasteiger partial charge in [0.25, 0.3) is 0 Å². The van der Waals surface area contributed by atoms with Crippen LogP contribution in [0.2, 0.25) is 0 Å². The molecule has 1 saturated carbocycles. The molecule has 1 aliphatic carbocycles. The highest BCUT2D eigenvalue weighted by Crippen LogP contribution is 2.18. The summed E-state index contributed by atoms with van der Waals surface area (Å²) in [5.41, 5.74) is 0. The Morgan fingerprint density at radius 1 is 1.43 bits per heavy atom. The molecule has 0 heterocycles. The Morgan fingerprint density at radius 2 is 2.00 bits per heavy atom. The van der Waals surface area contributed by atoms with Gasteiger partial charge in [-0.2, -0.15) is 0 Å². The van der Waals surface area contributed by atoms with Gasteiger partial charge in [0, 0.05) is 13.1 Å². The number of carbonyl (C=O) groups is 3. The van der Waals surface area contributed by atoms with Gasteiger partial charge >= 0.3 is 11.9 Å². The first-order valence-electron chi connectivity index (χ1n) is 4.28. The van der Waals surface area contributed by atoms with E-state index in [1.807, 2.05) is 0 Å². The number of nitrogens with one attached hydrogen (secondary N) is 1. The number of carboxylic acid groups (broad SMARTS) is 1. The molecule has 1 fully saturated rings. The van der Waals surface area contributed by atoms with Crippen LogP contribution in [0.1, 0.15) is 12.8 Å². The summed E-state index contributed by atoms with van der Waals surface area (Å²) in [6.45, 7) is -0.207. The van der Waals surface area contributed by atoms with Crippen molar-refractivity contribution in [3.63, 3.8) is 0 Å². The van der Waals surface area contributed by atoms with E-state index in [-0.39, 0.29) is 18.5 Å². The molecular formula is C8H12N2O4. The lowest BCUT2D eigenvalue weighted by Crippen LogP contribution is -2.41. The van der Waals surface area contributed by atoms with Crippen LogP contribution in [0, 0.1) is 0 Å². The third kappa shape index (κ3) is 3.04. The number of amides is 2. The van der Waals surface area contributed by atoms with Crippen LogP contribution in [-0.2, 0) is 14.4 Å². The highest BCUT2D eigenvalue weighted by atomic mass is 16.4. The quantitative estimate of drug-likeness (QED) is 0.561. The molecule has 1 rings (SSSR count). The molecule has 0 aromatic heterocycles. The first-order valence-corrected chi connectivity index (χ1v) is 4.28. The lowest BCUT2D eigenvalue weighted by Gasteiger charge is -2.13. The predicted molar refractivity (Wildman–Crippen MR) is 46.4 cm³/mol. The molecule has 0 saturated heterocycles. The average Bonchev–Trinajstić information content (AvgIpc) is 2.86. The molecule has 0 spiro atoms. The second-order valence-corrected chi connectivity index (χ2v) is 3.31. The number of hydrogen-bond acceptors (Lipinski definition) is 3. The fourth-order valence-electron chi connectivity index (χ4n) is 0.951. The molecule has 0 atom stereocenters. The highest BCUT2D eigenvalue weighted by molar-refractivity contribution is 6.31. The van der Waals surface area contributed by atoms with E-state index in [9.17, 15) is 14.4 Å². The first-order chi connectivity index (χ1) is 6.50. The molecule has 0 aromatic rings. The van der Waals surface area contributed by atoms with E-state index >= 15 is 0 Å². The van der Waals surface area contributed by atoms with E-state index in [2.05, 4.69) is 5.32 Å². The minimum Gasteiger partial charge on any atom is -0.474 e. The Labute approximate surface area is 80.9 Å². The zero-order valence-corrected chi connectivity index (χ0v) is 7.82. The van der Waals surface area contributed by atoms with Crippen molar-refractivity contribution in [2.24, 2.45) is 0 Å². The number of rotatable bonds is 3. The lowest BCUT2D eigenvalue weighted by atomic mass is 10.4. The van der Waals surface area contributed by atoms with Crippen LogP contribution in [0.3, 0.4) is 0 Å². The summed E-state index contributed by atoms with van der Waals surface area (Å²) in [7, 11) is 1.28. The molecule has 1 aliphatic rings. The normalized spacial score (nSPS) is 14.6. The number of likely N-dealkylation sites (N-methyl/N-ethyl adjacent to an activating group) is 1. The van der Waals surface area contributed by atoms with Gasteiger partial charge in [-0.05, 0) is 12.8 Å². The van der Waals surface area contributed by atoms with Gasteiger partial charge in [0.15, 0.2) is 0 Å². The Morgan fingerprint density at radius 3 is 2.43 bits per heavy atom. The van der Waals surface area contributed by atoms with Crippen molar-refractivity contribution in [2.45, 2.75) is 18.9 Å². The van der Waals surface area contributed by atoms with Crippen molar-refractivity contribution < 1.29 is 19.5 Å². The smallest absolute Gasteiger partial charge is 0.394 e. The third-order valence-corrected chi connectivity index (χ3v) is 1.85. The number of carbonyl (C=O) groups excluding carboxylic acids is 2. The van der Waals surface area contributed by atoms with E-state index in [0.717, 1.165) is 17.7 Å². The molecule has 2 amide bonds. The van der Waals surface area contributed by atoms with Crippen LogP contribution < -0.4 is 5.32 Å². The monoisotopic (exact) mass is 200 g/mol. The molecule has 6 nitrogen and oxygen atoms in total. The minimum atomic E-state index is -1.55. The molecule has 0 aromatic carbocycles. The van der Waals surface area contributed by atoms with E-state index in [1.54, 1.807) is 0 Å². The fraction of sp³-hybridized carbons (Fsp3) is 0.625. The standard InChI is InChI=1S/C8H12N2O4/c1-10(7(12)8(13)14)4-6(11)9-5-2-3-5/h5H,2-4H2,1H3,(H,9,11)(H,13,14). The maximum atomic E-state index is 11.1. The average molecular weight is 200 g/mol. The minimum absolute atomic E-state index is 0.207. The van der Waals surface area contributed by atoms with Gasteiger partial charge in [-0.25, -0.2) is 4.79 Å².